The molecule has 0 aliphatic rings. The van der Waals surface area contributed by atoms with E-state index in [9.17, 15) is 21.6 Å². The lowest BCUT2D eigenvalue weighted by molar-refractivity contribution is -0.143. The molecule has 3 aromatic carbocycles. The van der Waals surface area contributed by atoms with E-state index in [1.54, 1.807) is 68.4 Å². The second-order valence-corrected chi connectivity index (χ2v) is 12.6. The monoisotopic (exact) mass is 541 g/mol. The highest BCUT2D eigenvalue weighted by Crippen LogP contribution is 2.27. The fraction of sp³-hybridized carbons (Fsp3) is 0.222. The molecule has 8 nitrogen and oxygen atoms in total. The molecule has 0 aliphatic heterocycles. The summed E-state index contributed by atoms with van der Waals surface area (Å²) in [6.07, 6.45) is 0. The number of hydrogen-bond acceptors (Lipinski definition) is 7. The van der Waals surface area contributed by atoms with Crippen molar-refractivity contribution in [2.75, 3.05) is 7.11 Å². The van der Waals surface area contributed by atoms with Gasteiger partial charge >= 0.3 is 5.97 Å². The van der Waals surface area contributed by atoms with E-state index < -0.39 is 31.9 Å². The number of ether oxygens (including phenoxy) is 1. The quantitative estimate of drug-likeness (QED) is 0.309. The summed E-state index contributed by atoms with van der Waals surface area (Å²) in [5.41, 5.74) is 2.65. The first kappa shape index (κ1) is 26.6. The van der Waals surface area contributed by atoms with Gasteiger partial charge in [-0.15, -0.1) is 0 Å². The Bertz CT molecular complexity index is 1590. The number of carbonyl (C=O) groups excluding carboxylic acids is 1. The highest BCUT2D eigenvalue weighted by molar-refractivity contribution is 7.90. The summed E-state index contributed by atoms with van der Waals surface area (Å²) < 4.78 is 63.9. The van der Waals surface area contributed by atoms with Crippen LogP contribution in [-0.2, 0) is 35.1 Å². The Hall–Kier alpha value is -3.47. The molecule has 1 N–H and O–H groups in total. The average Bonchev–Trinajstić information content (AvgIpc) is 3.33. The first-order chi connectivity index (χ1) is 17.5. The predicted molar refractivity (Wildman–Crippen MR) is 140 cm³/mol. The van der Waals surface area contributed by atoms with Gasteiger partial charge < -0.3 is 9.15 Å². The third-order valence-corrected chi connectivity index (χ3v) is 8.91. The molecule has 0 radical (unpaired) electrons. The van der Waals surface area contributed by atoms with Crippen LogP contribution in [0.25, 0.3) is 22.1 Å². The van der Waals surface area contributed by atoms with Crippen LogP contribution < -0.4 is 4.72 Å². The molecule has 1 atom stereocenters. The molecule has 1 heterocycles. The Morgan fingerprint density at radius 2 is 1.49 bits per heavy atom. The molecule has 0 saturated heterocycles. The molecule has 0 spiro atoms. The molecule has 37 heavy (non-hydrogen) atoms. The van der Waals surface area contributed by atoms with Crippen molar-refractivity contribution < 1.29 is 30.8 Å². The number of benzene rings is 3. The highest BCUT2D eigenvalue weighted by atomic mass is 32.2. The highest BCUT2D eigenvalue weighted by Gasteiger charge is 2.29. The number of nitrogens with one attached hydrogen (secondary N) is 1. The summed E-state index contributed by atoms with van der Waals surface area (Å²) in [6.45, 7) is 3.44. The Morgan fingerprint density at radius 3 is 2.05 bits per heavy atom. The van der Waals surface area contributed by atoms with Gasteiger partial charge in [0.1, 0.15) is 11.6 Å². The normalized spacial score (nSPS) is 13.1. The second kappa shape index (κ2) is 10.5. The molecular weight excluding hydrogens is 514 g/mol. The van der Waals surface area contributed by atoms with Gasteiger partial charge in [0.2, 0.25) is 25.0 Å². The van der Waals surface area contributed by atoms with Crippen molar-refractivity contribution in [3.63, 3.8) is 0 Å². The van der Waals surface area contributed by atoms with Gasteiger partial charge in [-0.3, -0.25) is 4.79 Å². The summed E-state index contributed by atoms with van der Waals surface area (Å²) in [5, 5.41) is 0.650. The molecule has 0 saturated carbocycles. The zero-order valence-electron chi connectivity index (χ0n) is 20.5. The molecule has 0 fully saturated rings. The lowest BCUT2D eigenvalue weighted by Gasteiger charge is -2.19. The molecule has 0 aliphatic carbocycles. The van der Waals surface area contributed by atoms with Crippen LogP contribution in [0.3, 0.4) is 0 Å². The van der Waals surface area contributed by atoms with E-state index in [2.05, 4.69) is 4.72 Å². The number of rotatable bonds is 9. The van der Waals surface area contributed by atoms with Gasteiger partial charge in [-0.05, 0) is 40.8 Å². The fourth-order valence-electron chi connectivity index (χ4n) is 3.84. The van der Waals surface area contributed by atoms with Crippen molar-refractivity contribution in [2.24, 2.45) is 5.92 Å². The van der Waals surface area contributed by atoms with Crippen molar-refractivity contribution in [3.8, 4) is 11.1 Å². The number of carbonyl (C=O) groups is 1. The summed E-state index contributed by atoms with van der Waals surface area (Å²) >= 11 is 0. The predicted octanol–water partition coefficient (Wildman–Crippen LogP) is 4.55. The number of para-hydroxylation sites is 1. The molecule has 194 valence electrons. The van der Waals surface area contributed by atoms with E-state index in [1.165, 1.54) is 25.3 Å². The Morgan fingerprint density at radius 1 is 0.892 bits per heavy atom. The summed E-state index contributed by atoms with van der Waals surface area (Å²) in [7, 11) is -6.41. The largest absolute Gasteiger partial charge is 0.468 e. The molecule has 1 aromatic heterocycles. The van der Waals surface area contributed by atoms with E-state index in [-0.39, 0.29) is 21.7 Å². The van der Waals surface area contributed by atoms with E-state index in [0.717, 1.165) is 16.5 Å². The van der Waals surface area contributed by atoms with Gasteiger partial charge in [-0.25, -0.2) is 16.8 Å². The lowest BCUT2D eigenvalue weighted by atomic mass is 10.0. The van der Waals surface area contributed by atoms with Crippen molar-refractivity contribution in [1.29, 1.82) is 0 Å². The van der Waals surface area contributed by atoms with Crippen LogP contribution in [0.2, 0.25) is 0 Å². The van der Waals surface area contributed by atoms with Crippen LogP contribution in [0.5, 0.6) is 0 Å². The molecule has 4 rings (SSSR count). The molecular formula is C27H27NO7S2. The first-order valence-electron chi connectivity index (χ1n) is 11.5. The van der Waals surface area contributed by atoms with E-state index in [1.807, 2.05) is 6.07 Å². The van der Waals surface area contributed by atoms with Crippen LogP contribution in [0.4, 0.5) is 0 Å². The van der Waals surface area contributed by atoms with Crippen molar-refractivity contribution >= 4 is 36.8 Å². The van der Waals surface area contributed by atoms with E-state index in [4.69, 9.17) is 9.15 Å². The number of sulfonamides is 1. The van der Waals surface area contributed by atoms with Crippen LogP contribution in [0.15, 0.2) is 93.3 Å². The topological polar surface area (TPSA) is 120 Å². The Labute approximate surface area is 216 Å². The molecule has 0 bridgehead atoms. The lowest BCUT2D eigenvalue weighted by Crippen LogP contribution is -2.44. The molecule has 4 aromatic rings. The van der Waals surface area contributed by atoms with Crippen LogP contribution in [0, 0.1) is 5.92 Å². The van der Waals surface area contributed by atoms with Crippen molar-refractivity contribution in [2.45, 2.75) is 35.6 Å². The van der Waals surface area contributed by atoms with Crippen LogP contribution in [0.1, 0.15) is 19.4 Å². The van der Waals surface area contributed by atoms with Crippen molar-refractivity contribution in [1.82, 2.24) is 4.72 Å². The number of esters is 1. The average molecular weight is 542 g/mol. The van der Waals surface area contributed by atoms with Crippen LogP contribution in [-0.4, -0.2) is 36.0 Å². The number of sulfone groups is 1. The molecule has 0 amide bonds. The minimum Gasteiger partial charge on any atom is -0.468 e. The Kier molecular flexibility index (Phi) is 7.54. The van der Waals surface area contributed by atoms with Gasteiger partial charge in [0.15, 0.2) is 0 Å². The van der Waals surface area contributed by atoms with Crippen molar-refractivity contribution in [3.05, 3.63) is 84.4 Å². The first-order valence-corrected chi connectivity index (χ1v) is 14.6. The third-order valence-electron chi connectivity index (χ3n) is 5.92. The maximum Gasteiger partial charge on any atom is 0.324 e. The van der Waals surface area contributed by atoms with E-state index in [0.29, 0.717) is 11.1 Å². The van der Waals surface area contributed by atoms with Gasteiger partial charge in [0.25, 0.3) is 0 Å². The SMILES string of the molecule is COC(=O)[C@H](NS(=O)(=O)c1ccc(-c2ccc(CS(=O)(=O)c3cc4ccccc4o3)cc2)cc1)C(C)C. The summed E-state index contributed by atoms with van der Waals surface area (Å²) in [6, 6.07) is 20.8. The summed E-state index contributed by atoms with van der Waals surface area (Å²) in [4.78, 5) is 12.0. The van der Waals surface area contributed by atoms with Gasteiger partial charge in [0, 0.05) is 11.5 Å². The Balaban J connectivity index is 1.48. The minimum absolute atomic E-state index is 0.0133. The number of fused-ring (bicyclic) bond motifs is 1. The van der Waals surface area contributed by atoms with Gasteiger partial charge in [-0.1, -0.05) is 68.4 Å². The van der Waals surface area contributed by atoms with Gasteiger partial charge in [-0.2, -0.15) is 4.72 Å². The molecule has 10 heteroatoms. The number of hydrogen-bond donors (Lipinski definition) is 1. The molecule has 0 unspecified atom stereocenters. The minimum atomic E-state index is -3.95. The summed E-state index contributed by atoms with van der Waals surface area (Å²) in [5.74, 6) is -1.17. The smallest absolute Gasteiger partial charge is 0.324 e. The van der Waals surface area contributed by atoms with Crippen LogP contribution >= 0.6 is 0 Å². The van der Waals surface area contributed by atoms with Gasteiger partial charge in [0.05, 0.1) is 17.8 Å². The fourth-order valence-corrected chi connectivity index (χ4v) is 6.47. The standard InChI is InChI=1S/C27H27NO7S2/c1-18(2)26(27(29)34-3)28-37(32,33)23-14-12-21(13-15-23)20-10-8-19(9-11-20)17-36(30,31)25-16-22-6-4-5-7-24(22)35-25/h4-16,18,26,28H,17H2,1-3H3/t26-/m1/s1. The third kappa shape index (κ3) is 5.93. The second-order valence-electron chi connectivity index (χ2n) is 8.95. The number of methoxy groups -OCH3 is 1. The maximum absolute atomic E-state index is 12.9. The maximum atomic E-state index is 12.9. The zero-order valence-corrected chi connectivity index (χ0v) is 22.2. The van der Waals surface area contributed by atoms with E-state index >= 15 is 0 Å². The number of furan rings is 1. The zero-order chi connectivity index (χ0) is 26.8.